The van der Waals surface area contributed by atoms with Gasteiger partial charge in [0, 0.05) is 28.3 Å². The van der Waals surface area contributed by atoms with Gasteiger partial charge in [0.05, 0.1) is 0 Å². The highest BCUT2D eigenvalue weighted by Gasteiger charge is 2.55. The molecule has 2 atom stereocenters. The number of anilines is 1. The Balaban J connectivity index is 1.25. The van der Waals surface area contributed by atoms with Gasteiger partial charge in [-0.2, -0.15) is 4.57 Å². The first-order valence-electron chi connectivity index (χ1n) is 12.2. The molecule has 5 heterocycles. The Kier molecular flexibility index (Phi) is 6.88. The van der Waals surface area contributed by atoms with E-state index in [1.807, 2.05) is 36.4 Å². The van der Waals surface area contributed by atoms with E-state index in [-0.39, 0.29) is 28.8 Å². The first-order chi connectivity index (χ1) is 19.9. The first-order valence-corrected chi connectivity index (χ1v) is 14.2. The minimum absolute atomic E-state index is 0.116. The number of thiazole rings is 1. The third-order valence-electron chi connectivity index (χ3n) is 6.50. The summed E-state index contributed by atoms with van der Waals surface area (Å²) in [6, 6.07) is 12.1. The molecule has 0 radical (unpaired) electrons. The molecule has 4 aromatic rings. The van der Waals surface area contributed by atoms with Gasteiger partial charge < -0.3 is 25.4 Å². The van der Waals surface area contributed by atoms with E-state index >= 15 is 0 Å². The molecule has 2 aliphatic rings. The van der Waals surface area contributed by atoms with Crippen molar-refractivity contribution in [3.05, 3.63) is 71.0 Å². The molecule has 2 amide bonds. The molecule has 3 aromatic heterocycles. The molecule has 6 rings (SSSR count). The quantitative estimate of drug-likeness (QED) is 0.118. The molecule has 4 N–H and O–H groups in total. The summed E-state index contributed by atoms with van der Waals surface area (Å²) in [6.45, 7) is 0.165. The van der Waals surface area contributed by atoms with E-state index in [0.29, 0.717) is 28.4 Å². The summed E-state index contributed by atoms with van der Waals surface area (Å²) in [5.74, 6) is -1.72. The monoisotopic (exact) mass is 592 g/mol. The van der Waals surface area contributed by atoms with Crippen LogP contribution in [0.5, 0.6) is 0 Å². The smallest absolute Gasteiger partial charge is 0.401 e. The Bertz CT molecular complexity index is 1750. The van der Waals surface area contributed by atoms with Crippen LogP contribution in [0.25, 0.3) is 22.7 Å². The van der Waals surface area contributed by atoms with Crippen molar-refractivity contribution in [2.75, 3.05) is 18.6 Å². The van der Waals surface area contributed by atoms with Crippen LogP contribution in [-0.4, -0.2) is 67.7 Å². The number of fused-ring (bicyclic) bond motifs is 2. The highest BCUT2D eigenvalue weighted by atomic mass is 32.2. The fourth-order valence-corrected chi connectivity index (χ4v) is 6.57. The maximum atomic E-state index is 13.2. The topological polar surface area (TPSA) is 177 Å². The molecule has 15 heteroatoms. The van der Waals surface area contributed by atoms with Crippen molar-refractivity contribution in [1.29, 1.82) is 0 Å². The van der Waals surface area contributed by atoms with Crippen molar-refractivity contribution in [3.8, 4) is 11.5 Å². The molecule has 0 aliphatic carbocycles. The molecule has 13 nitrogen and oxygen atoms in total. The van der Waals surface area contributed by atoms with Gasteiger partial charge in [-0.1, -0.05) is 23.4 Å². The number of amides is 2. The van der Waals surface area contributed by atoms with Crippen molar-refractivity contribution in [2.45, 2.75) is 18.0 Å². The van der Waals surface area contributed by atoms with E-state index in [4.69, 9.17) is 15.0 Å². The molecule has 1 unspecified atom stereocenters. The summed E-state index contributed by atoms with van der Waals surface area (Å²) in [7, 11) is 1.28. The average Bonchev–Trinajstić information content (AvgIpc) is 3.61. The lowest BCUT2D eigenvalue weighted by Crippen LogP contribution is -2.71. The van der Waals surface area contributed by atoms with Gasteiger partial charge in [0.25, 0.3) is 11.8 Å². The summed E-state index contributed by atoms with van der Waals surface area (Å²) in [5, 5.41) is 17.7. The number of carboxylic acids is 1. The Morgan fingerprint density at radius 3 is 2.78 bits per heavy atom. The highest BCUT2D eigenvalue weighted by molar-refractivity contribution is 8.00. The molecule has 1 saturated heterocycles. The van der Waals surface area contributed by atoms with Gasteiger partial charge in [-0.3, -0.25) is 14.5 Å². The summed E-state index contributed by atoms with van der Waals surface area (Å²) < 4.78 is 7.83. The second-order valence-electron chi connectivity index (χ2n) is 9.02. The number of pyridine rings is 1. The molecule has 0 spiro atoms. The Hall–Kier alpha value is -4.76. The number of hydrogen-bond donors (Lipinski definition) is 3. The number of hydrogen-bond acceptors (Lipinski definition) is 11. The number of nitrogens with zero attached hydrogens (tertiary/aromatic N) is 5. The fraction of sp³-hybridized carbons (Fsp3) is 0.192. The number of benzene rings is 1. The van der Waals surface area contributed by atoms with E-state index in [2.05, 4.69) is 20.4 Å². The van der Waals surface area contributed by atoms with Crippen LogP contribution in [0.2, 0.25) is 0 Å². The van der Waals surface area contributed by atoms with Crippen LogP contribution in [0.1, 0.15) is 5.69 Å². The van der Waals surface area contributed by atoms with Gasteiger partial charge in [0.1, 0.15) is 29.9 Å². The lowest BCUT2D eigenvalue weighted by Gasteiger charge is -2.49. The van der Waals surface area contributed by atoms with Gasteiger partial charge in [-0.25, -0.2) is 14.8 Å². The first kappa shape index (κ1) is 26.5. The number of rotatable bonds is 8. The zero-order valence-corrected chi connectivity index (χ0v) is 23.0. The van der Waals surface area contributed by atoms with E-state index in [1.165, 1.54) is 23.8 Å². The van der Waals surface area contributed by atoms with Gasteiger partial charge >= 0.3 is 11.7 Å². The van der Waals surface area contributed by atoms with Crippen LogP contribution in [0.15, 0.2) is 74.9 Å². The highest BCUT2D eigenvalue weighted by Crippen LogP contribution is 2.40. The second-order valence-corrected chi connectivity index (χ2v) is 11.0. The third kappa shape index (κ3) is 4.78. The standard InChI is InChI=1S/C26H21N7O6S2/c1-38-31-17(16-12-41-26(27)29-16)20(34)30-18-22(35)33-19(25(36)37)14(11-40-24(18)33)10-32-9-5-8-15-23(32)39-21(28-15)13-6-3-2-4-7-13/h2-9,12,18,24H,10-11H2,1H3,(H3-,27,29,30,34,36,37)/p+1/t18?,24-/m0/s1. The molecule has 1 aromatic carbocycles. The zero-order valence-electron chi connectivity index (χ0n) is 21.4. The van der Waals surface area contributed by atoms with Crippen LogP contribution in [0, 0.1) is 0 Å². The van der Waals surface area contributed by atoms with Crippen LogP contribution in [0.4, 0.5) is 5.13 Å². The Morgan fingerprint density at radius 1 is 1.27 bits per heavy atom. The van der Waals surface area contributed by atoms with E-state index in [1.54, 1.807) is 22.2 Å². The normalized spacial score (nSPS) is 18.7. The number of nitrogens with one attached hydrogen (secondary N) is 1. The van der Waals surface area contributed by atoms with Crippen molar-refractivity contribution in [3.63, 3.8) is 0 Å². The summed E-state index contributed by atoms with van der Waals surface area (Å²) >= 11 is 2.48. The largest absolute Gasteiger partial charge is 0.477 e. The number of nitrogens with two attached hydrogens (primary N) is 1. The number of carbonyl (C=O) groups is 3. The third-order valence-corrected chi connectivity index (χ3v) is 8.51. The van der Waals surface area contributed by atoms with E-state index < -0.39 is 29.2 Å². The molecule has 41 heavy (non-hydrogen) atoms. The predicted molar refractivity (Wildman–Crippen MR) is 149 cm³/mol. The predicted octanol–water partition coefficient (Wildman–Crippen LogP) is 1.61. The Morgan fingerprint density at radius 2 is 2.07 bits per heavy atom. The lowest BCUT2D eigenvalue weighted by molar-refractivity contribution is -0.669. The van der Waals surface area contributed by atoms with Gasteiger partial charge in [0.15, 0.2) is 29.1 Å². The lowest BCUT2D eigenvalue weighted by atomic mass is 10.0. The van der Waals surface area contributed by atoms with E-state index in [0.717, 1.165) is 16.9 Å². The van der Waals surface area contributed by atoms with Gasteiger partial charge in [-0.15, -0.1) is 23.1 Å². The van der Waals surface area contributed by atoms with Crippen LogP contribution in [0.3, 0.4) is 0 Å². The van der Waals surface area contributed by atoms with Crippen molar-refractivity contribution in [1.82, 2.24) is 20.2 Å². The van der Waals surface area contributed by atoms with Crippen molar-refractivity contribution in [2.24, 2.45) is 5.16 Å². The maximum absolute atomic E-state index is 13.2. The van der Waals surface area contributed by atoms with Crippen molar-refractivity contribution >= 4 is 63.0 Å². The van der Waals surface area contributed by atoms with Crippen LogP contribution in [-0.2, 0) is 25.8 Å². The number of oxime groups is 1. The average molecular weight is 593 g/mol. The van der Waals surface area contributed by atoms with E-state index in [9.17, 15) is 19.5 Å². The zero-order chi connectivity index (χ0) is 28.7. The minimum atomic E-state index is -1.24. The van der Waals surface area contributed by atoms with Crippen LogP contribution >= 0.6 is 23.1 Å². The fourth-order valence-electron chi connectivity index (χ4n) is 4.68. The molecular weight excluding hydrogens is 570 g/mol. The van der Waals surface area contributed by atoms with Crippen LogP contribution < -0.4 is 15.6 Å². The van der Waals surface area contributed by atoms with Gasteiger partial charge in [0.2, 0.25) is 5.89 Å². The molecule has 1 fully saturated rings. The van der Waals surface area contributed by atoms with Gasteiger partial charge in [-0.05, 0) is 18.2 Å². The molecule has 0 bridgehead atoms. The molecule has 0 saturated carbocycles. The molecule has 2 aliphatic heterocycles. The number of carboxylic acid groups (broad SMARTS) is 1. The number of carbonyl (C=O) groups excluding carboxylic acids is 2. The number of nitrogen functional groups attached to an aromatic ring is 1. The minimum Gasteiger partial charge on any atom is -0.477 e. The maximum Gasteiger partial charge on any atom is 0.401 e. The number of β-lactam (4-membered cyclic amide) rings is 1. The Labute approximate surface area is 240 Å². The number of aromatic nitrogens is 3. The second kappa shape index (κ2) is 10.7. The summed E-state index contributed by atoms with van der Waals surface area (Å²) in [6.07, 6.45) is 1.77. The molecule has 208 valence electrons. The summed E-state index contributed by atoms with van der Waals surface area (Å²) in [4.78, 5) is 53.2. The number of thioether (sulfide) groups is 1. The molecular formula is C26H22N7O6S2+. The number of aliphatic carboxylic acids is 1. The van der Waals surface area contributed by atoms with Crippen molar-refractivity contribution < 1.29 is 33.3 Å². The number of oxazole rings is 1. The SMILES string of the molecule is CON=C(C(=O)NC1C(=O)N2C(C(=O)O)=C(C[n+]3cccc4nc(-c5ccccc5)oc43)CS[C@@H]12)c1csc(N)n1. The summed E-state index contributed by atoms with van der Waals surface area (Å²) in [5.41, 5.74) is 8.04.